The van der Waals surface area contributed by atoms with Gasteiger partial charge in [0.15, 0.2) is 0 Å². The Kier molecular flexibility index (Phi) is 3.97. The van der Waals surface area contributed by atoms with Gasteiger partial charge in [-0.2, -0.15) is 0 Å². The van der Waals surface area contributed by atoms with E-state index in [1.807, 2.05) is 32.0 Å². The third-order valence-corrected chi connectivity index (χ3v) is 3.60. The van der Waals surface area contributed by atoms with Crippen molar-refractivity contribution >= 4 is 17.5 Å². The molecule has 0 radical (unpaired) electrons. The van der Waals surface area contributed by atoms with Crippen molar-refractivity contribution in [3.05, 3.63) is 24.3 Å². The van der Waals surface area contributed by atoms with Crippen LogP contribution in [0.2, 0.25) is 0 Å². The van der Waals surface area contributed by atoms with Crippen LogP contribution >= 0.6 is 0 Å². The van der Waals surface area contributed by atoms with Crippen molar-refractivity contribution in [2.24, 2.45) is 0 Å². The van der Waals surface area contributed by atoms with Crippen LogP contribution in [0.4, 0.5) is 5.69 Å². The third-order valence-electron chi connectivity index (χ3n) is 3.60. The molecule has 1 fully saturated rings. The van der Waals surface area contributed by atoms with Crippen molar-refractivity contribution < 1.29 is 14.3 Å². The first-order valence-electron chi connectivity index (χ1n) is 6.86. The highest BCUT2D eigenvalue weighted by molar-refractivity contribution is 6.09. The molecule has 0 saturated carbocycles. The van der Waals surface area contributed by atoms with Gasteiger partial charge in [-0.25, -0.2) is 0 Å². The lowest BCUT2D eigenvalue weighted by molar-refractivity contribution is -0.135. The van der Waals surface area contributed by atoms with Gasteiger partial charge in [-0.3, -0.25) is 14.5 Å². The maximum atomic E-state index is 12.6. The van der Waals surface area contributed by atoms with Gasteiger partial charge < -0.3 is 10.1 Å². The molecule has 1 unspecified atom stereocenters. The minimum Gasteiger partial charge on any atom is -0.492 e. The molecule has 1 saturated heterocycles. The summed E-state index contributed by atoms with van der Waals surface area (Å²) in [6, 6.07) is 7.29. The van der Waals surface area contributed by atoms with Gasteiger partial charge in [0.2, 0.25) is 5.91 Å². The molecular weight excluding hydrogens is 256 g/mol. The zero-order valence-corrected chi connectivity index (χ0v) is 12.1. The number of carbonyl (C=O) groups is 2. The average Bonchev–Trinajstić information content (AvgIpc) is 2.44. The minimum atomic E-state index is -0.853. The zero-order chi connectivity index (χ0) is 14.8. The molecule has 1 aromatic rings. The number of carbonyl (C=O) groups excluding carboxylic acids is 2. The molecule has 2 rings (SSSR count). The fourth-order valence-corrected chi connectivity index (χ4v) is 2.31. The van der Waals surface area contributed by atoms with E-state index in [1.165, 1.54) is 4.90 Å². The number of para-hydroxylation sites is 2. The van der Waals surface area contributed by atoms with E-state index in [4.69, 9.17) is 4.74 Å². The quantitative estimate of drug-likeness (QED) is 0.911. The molecule has 0 aliphatic carbocycles. The Hall–Kier alpha value is -2.04. The molecule has 1 aromatic carbocycles. The Morgan fingerprint density at radius 1 is 1.30 bits per heavy atom. The molecule has 1 heterocycles. The highest BCUT2D eigenvalue weighted by Gasteiger charge is 2.42. The Labute approximate surface area is 118 Å². The topological polar surface area (TPSA) is 58.6 Å². The summed E-state index contributed by atoms with van der Waals surface area (Å²) in [6.07, 6.45) is 0.547. The maximum absolute atomic E-state index is 12.6. The monoisotopic (exact) mass is 276 g/mol. The summed E-state index contributed by atoms with van der Waals surface area (Å²) in [6.45, 7) is 6.06. The first-order chi connectivity index (χ1) is 9.51. The van der Waals surface area contributed by atoms with Crippen LogP contribution in [0.5, 0.6) is 5.75 Å². The summed E-state index contributed by atoms with van der Waals surface area (Å²) in [7, 11) is 0. The Balaban J connectivity index is 2.41. The van der Waals surface area contributed by atoms with Gasteiger partial charge in [0.25, 0.3) is 5.91 Å². The number of nitrogens with one attached hydrogen (secondary N) is 1. The van der Waals surface area contributed by atoms with Crippen LogP contribution in [0.3, 0.4) is 0 Å². The van der Waals surface area contributed by atoms with Gasteiger partial charge >= 0.3 is 0 Å². The van der Waals surface area contributed by atoms with Crippen LogP contribution in [-0.4, -0.2) is 30.5 Å². The fraction of sp³-hybridized carbons (Fsp3) is 0.467. The van der Waals surface area contributed by atoms with Crippen molar-refractivity contribution in [1.29, 1.82) is 0 Å². The Bertz CT molecular complexity index is 530. The van der Waals surface area contributed by atoms with Crippen LogP contribution < -0.4 is 15.0 Å². The molecular formula is C15H20N2O3. The van der Waals surface area contributed by atoms with Crippen molar-refractivity contribution in [2.75, 3.05) is 18.1 Å². The van der Waals surface area contributed by atoms with Gasteiger partial charge in [-0.05, 0) is 32.4 Å². The predicted molar refractivity (Wildman–Crippen MR) is 76.8 cm³/mol. The molecule has 1 aliphatic heterocycles. The summed E-state index contributed by atoms with van der Waals surface area (Å²) >= 11 is 0. The molecule has 5 heteroatoms. The predicted octanol–water partition coefficient (Wildman–Crippen LogP) is 1.72. The van der Waals surface area contributed by atoms with E-state index in [-0.39, 0.29) is 18.4 Å². The largest absolute Gasteiger partial charge is 0.492 e. The molecule has 5 nitrogen and oxygen atoms in total. The molecule has 0 spiro atoms. The first kappa shape index (κ1) is 14.4. The third kappa shape index (κ3) is 2.48. The molecule has 1 N–H and O–H groups in total. The highest BCUT2D eigenvalue weighted by Crippen LogP contribution is 2.31. The maximum Gasteiger partial charge on any atom is 0.253 e. The van der Waals surface area contributed by atoms with Crippen molar-refractivity contribution in [1.82, 2.24) is 5.32 Å². The standard InChI is InChI=1S/C15H20N2O3/c1-4-15(3)14(19)17(10-13(18)16-15)11-8-6-7-9-12(11)20-5-2/h6-9H,4-5,10H2,1-3H3,(H,16,18). The number of rotatable bonds is 4. The molecule has 108 valence electrons. The lowest BCUT2D eigenvalue weighted by Crippen LogP contribution is -2.65. The van der Waals surface area contributed by atoms with E-state index in [0.29, 0.717) is 24.5 Å². The van der Waals surface area contributed by atoms with E-state index in [1.54, 1.807) is 13.0 Å². The lowest BCUT2D eigenvalue weighted by atomic mass is 9.94. The number of hydrogen-bond donors (Lipinski definition) is 1. The number of nitrogens with zero attached hydrogens (tertiary/aromatic N) is 1. The second-order valence-electron chi connectivity index (χ2n) is 5.03. The smallest absolute Gasteiger partial charge is 0.253 e. The van der Waals surface area contributed by atoms with Crippen LogP contribution in [0.15, 0.2) is 24.3 Å². The van der Waals surface area contributed by atoms with E-state index in [9.17, 15) is 9.59 Å². The number of anilines is 1. The van der Waals surface area contributed by atoms with Crippen molar-refractivity contribution in [2.45, 2.75) is 32.7 Å². The number of hydrogen-bond acceptors (Lipinski definition) is 3. The summed E-state index contributed by atoms with van der Waals surface area (Å²) in [5.41, 5.74) is -0.205. The highest BCUT2D eigenvalue weighted by atomic mass is 16.5. The SMILES string of the molecule is CCOc1ccccc1N1CC(=O)NC(C)(CC)C1=O. The number of ether oxygens (including phenoxy) is 1. The summed E-state index contributed by atoms with van der Waals surface area (Å²) in [5, 5.41) is 2.77. The minimum absolute atomic E-state index is 0.0263. The normalized spacial score (nSPS) is 22.6. The summed E-state index contributed by atoms with van der Waals surface area (Å²) < 4.78 is 5.55. The van der Waals surface area contributed by atoms with Gasteiger partial charge in [-0.15, -0.1) is 0 Å². The van der Waals surface area contributed by atoms with Crippen LogP contribution in [0.1, 0.15) is 27.2 Å². The average molecular weight is 276 g/mol. The van der Waals surface area contributed by atoms with E-state index < -0.39 is 5.54 Å². The second kappa shape index (κ2) is 5.53. The van der Waals surface area contributed by atoms with Crippen molar-refractivity contribution in [3.63, 3.8) is 0 Å². The number of benzene rings is 1. The van der Waals surface area contributed by atoms with Crippen LogP contribution in [-0.2, 0) is 9.59 Å². The summed E-state index contributed by atoms with van der Waals surface area (Å²) in [5.74, 6) is 0.364. The molecule has 0 bridgehead atoms. The lowest BCUT2D eigenvalue weighted by Gasteiger charge is -2.39. The Morgan fingerprint density at radius 3 is 2.65 bits per heavy atom. The molecule has 20 heavy (non-hydrogen) atoms. The number of piperazine rings is 1. The molecule has 1 atom stereocenters. The van der Waals surface area contributed by atoms with Crippen LogP contribution in [0, 0.1) is 0 Å². The van der Waals surface area contributed by atoms with Gasteiger partial charge in [0.1, 0.15) is 17.8 Å². The van der Waals surface area contributed by atoms with Crippen molar-refractivity contribution in [3.8, 4) is 5.75 Å². The van der Waals surface area contributed by atoms with Gasteiger partial charge in [0.05, 0.1) is 12.3 Å². The zero-order valence-electron chi connectivity index (χ0n) is 12.1. The second-order valence-corrected chi connectivity index (χ2v) is 5.03. The van der Waals surface area contributed by atoms with E-state index in [0.717, 1.165) is 0 Å². The van der Waals surface area contributed by atoms with Gasteiger partial charge in [0, 0.05) is 0 Å². The Morgan fingerprint density at radius 2 is 2.00 bits per heavy atom. The summed E-state index contributed by atoms with van der Waals surface area (Å²) in [4.78, 5) is 26.0. The molecule has 0 aromatic heterocycles. The van der Waals surface area contributed by atoms with E-state index in [2.05, 4.69) is 5.32 Å². The van der Waals surface area contributed by atoms with E-state index >= 15 is 0 Å². The fourth-order valence-electron chi connectivity index (χ4n) is 2.31. The van der Waals surface area contributed by atoms with Gasteiger partial charge in [-0.1, -0.05) is 19.1 Å². The molecule has 1 aliphatic rings. The first-order valence-corrected chi connectivity index (χ1v) is 6.86. The number of amides is 2. The van der Waals surface area contributed by atoms with Crippen LogP contribution in [0.25, 0.3) is 0 Å². The molecule has 2 amide bonds.